The fourth-order valence-electron chi connectivity index (χ4n) is 2.79. The van der Waals surface area contributed by atoms with Crippen molar-refractivity contribution in [1.82, 2.24) is 10.2 Å². The molecule has 1 aliphatic rings. The summed E-state index contributed by atoms with van der Waals surface area (Å²) in [5.74, 6) is -0.403. The average Bonchev–Trinajstić information content (AvgIpc) is 2.88. The fourth-order valence-corrected chi connectivity index (χ4v) is 4.64. The maximum absolute atomic E-state index is 12.3. The van der Waals surface area contributed by atoms with Gasteiger partial charge in [-0.2, -0.15) is 0 Å². The number of likely N-dealkylation sites (N-methyl/N-ethyl adjacent to an activating group) is 1. The van der Waals surface area contributed by atoms with Crippen molar-refractivity contribution in [1.29, 1.82) is 0 Å². The van der Waals surface area contributed by atoms with Gasteiger partial charge in [-0.05, 0) is 31.0 Å². The SMILES string of the molecule is CCN(C(=O)CNC(=O)Cc1ccc(Cl)cc1)C1CCS(=O)(=O)C1. The van der Waals surface area contributed by atoms with Gasteiger partial charge in [0, 0.05) is 17.6 Å². The van der Waals surface area contributed by atoms with E-state index >= 15 is 0 Å². The van der Waals surface area contributed by atoms with Gasteiger partial charge in [0.25, 0.3) is 0 Å². The molecule has 2 rings (SSSR count). The highest BCUT2D eigenvalue weighted by Gasteiger charge is 2.33. The number of hydrogen-bond donors (Lipinski definition) is 1. The molecule has 1 atom stereocenters. The molecule has 0 aliphatic carbocycles. The summed E-state index contributed by atoms with van der Waals surface area (Å²) in [6.07, 6.45) is 0.620. The second kappa shape index (κ2) is 7.98. The average molecular weight is 373 g/mol. The molecule has 1 aromatic rings. The minimum atomic E-state index is -3.05. The van der Waals surface area contributed by atoms with Crippen LogP contribution >= 0.6 is 11.6 Å². The van der Waals surface area contributed by atoms with Crippen molar-refractivity contribution in [3.05, 3.63) is 34.9 Å². The Labute approximate surface area is 147 Å². The van der Waals surface area contributed by atoms with Gasteiger partial charge in [-0.3, -0.25) is 9.59 Å². The molecule has 0 radical (unpaired) electrons. The van der Waals surface area contributed by atoms with Gasteiger partial charge in [-0.25, -0.2) is 8.42 Å². The second-order valence-electron chi connectivity index (χ2n) is 5.82. The first-order valence-electron chi connectivity index (χ1n) is 7.82. The summed E-state index contributed by atoms with van der Waals surface area (Å²) in [4.78, 5) is 25.7. The standard InChI is InChI=1S/C16H21ClN2O4S/c1-2-19(14-7-8-24(22,23)11-14)16(21)10-18-15(20)9-12-3-5-13(17)6-4-12/h3-6,14H,2,7-11H2,1H3,(H,18,20). The second-order valence-corrected chi connectivity index (χ2v) is 8.48. The Hall–Kier alpha value is -1.60. The Kier molecular flexibility index (Phi) is 6.23. The lowest BCUT2D eigenvalue weighted by atomic mass is 10.1. The molecule has 1 unspecified atom stereocenters. The maximum Gasteiger partial charge on any atom is 0.242 e. The molecule has 1 aliphatic heterocycles. The first-order valence-corrected chi connectivity index (χ1v) is 10.0. The largest absolute Gasteiger partial charge is 0.347 e. The number of hydrogen-bond acceptors (Lipinski definition) is 4. The summed E-state index contributed by atoms with van der Waals surface area (Å²) in [6.45, 7) is 2.10. The number of sulfone groups is 1. The fraction of sp³-hybridized carbons (Fsp3) is 0.500. The van der Waals surface area contributed by atoms with Crippen LogP contribution in [0.1, 0.15) is 18.9 Å². The molecule has 0 spiro atoms. The van der Waals surface area contributed by atoms with Gasteiger partial charge in [0.05, 0.1) is 24.5 Å². The van der Waals surface area contributed by atoms with Crippen molar-refractivity contribution in [3.8, 4) is 0 Å². The molecule has 1 heterocycles. The number of nitrogens with zero attached hydrogens (tertiary/aromatic N) is 1. The molecule has 0 aromatic heterocycles. The zero-order valence-corrected chi connectivity index (χ0v) is 15.1. The minimum Gasteiger partial charge on any atom is -0.347 e. The summed E-state index contributed by atoms with van der Waals surface area (Å²) in [7, 11) is -3.05. The van der Waals surface area contributed by atoms with E-state index in [1.54, 1.807) is 31.2 Å². The van der Waals surface area contributed by atoms with E-state index < -0.39 is 9.84 Å². The number of nitrogens with one attached hydrogen (secondary N) is 1. The quantitative estimate of drug-likeness (QED) is 0.808. The normalized spacial score (nSPS) is 19.0. The summed E-state index contributed by atoms with van der Waals surface area (Å²) in [5, 5.41) is 3.19. The van der Waals surface area contributed by atoms with E-state index in [1.807, 2.05) is 0 Å². The Morgan fingerprint density at radius 3 is 2.50 bits per heavy atom. The van der Waals surface area contributed by atoms with Crippen LogP contribution in [-0.4, -0.2) is 55.8 Å². The molecule has 2 amide bonds. The number of halogens is 1. The lowest BCUT2D eigenvalue weighted by Gasteiger charge is -2.27. The van der Waals surface area contributed by atoms with Crippen molar-refractivity contribution in [2.45, 2.75) is 25.8 Å². The van der Waals surface area contributed by atoms with Crippen molar-refractivity contribution in [3.63, 3.8) is 0 Å². The van der Waals surface area contributed by atoms with Crippen molar-refractivity contribution >= 4 is 33.3 Å². The first kappa shape index (κ1) is 18.7. The van der Waals surface area contributed by atoms with Crippen LogP contribution in [-0.2, 0) is 25.8 Å². The summed E-state index contributed by atoms with van der Waals surface area (Å²) in [5.41, 5.74) is 0.804. The van der Waals surface area contributed by atoms with E-state index in [-0.39, 0.29) is 42.3 Å². The van der Waals surface area contributed by atoms with Crippen LogP contribution in [0.5, 0.6) is 0 Å². The smallest absolute Gasteiger partial charge is 0.242 e. The van der Waals surface area contributed by atoms with E-state index in [0.717, 1.165) is 5.56 Å². The van der Waals surface area contributed by atoms with Gasteiger partial charge in [-0.1, -0.05) is 23.7 Å². The molecule has 132 valence electrons. The number of rotatable bonds is 6. The summed E-state index contributed by atoms with van der Waals surface area (Å²) >= 11 is 5.79. The van der Waals surface area contributed by atoms with Gasteiger partial charge in [0.1, 0.15) is 0 Å². The minimum absolute atomic E-state index is 0.00526. The lowest BCUT2D eigenvalue weighted by Crippen LogP contribution is -2.46. The van der Waals surface area contributed by atoms with E-state index in [4.69, 9.17) is 11.6 Å². The molecule has 6 nitrogen and oxygen atoms in total. The zero-order valence-electron chi connectivity index (χ0n) is 13.5. The molecule has 24 heavy (non-hydrogen) atoms. The van der Waals surface area contributed by atoms with Crippen molar-refractivity contribution in [2.75, 3.05) is 24.6 Å². The monoisotopic (exact) mass is 372 g/mol. The van der Waals surface area contributed by atoms with Crippen LogP contribution in [0.15, 0.2) is 24.3 Å². The first-order chi connectivity index (χ1) is 11.3. The van der Waals surface area contributed by atoms with Gasteiger partial charge < -0.3 is 10.2 Å². The van der Waals surface area contributed by atoms with E-state index in [0.29, 0.717) is 18.0 Å². The van der Waals surface area contributed by atoms with E-state index in [9.17, 15) is 18.0 Å². The van der Waals surface area contributed by atoms with Crippen LogP contribution in [0.25, 0.3) is 0 Å². The van der Waals surface area contributed by atoms with Crippen molar-refractivity contribution in [2.24, 2.45) is 0 Å². The van der Waals surface area contributed by atoms with Crippen LogP contribution in [0.3, 0.4) is 0 Å². The molecule has 1 aromatic carbocycles. The molecule has 1 fully saturated rings. The highest BCUT2D eigenvalue weighted by molar-refractivity contribution is 7.91. The highest BCUT2D eigenvalue weighted by Crippen LogP contribution is 2.17. The summed E-state index contributed by atoms with van der Waals surface area (Å²) < 4.78 is 23.1. The van der Waals surface area contributed by atoms with Crippen LogP contribution in [0, 0.1) is 0 Å². The van der Waals surface area contributed by atoms with Crippen molar-refractivity contribution < 1.29 is 18.0 Å². The van der Waals surface area contributed by atoms with Crippen LogP contribution < -0.4 is 5.32 Å². The number of carbonyl (C=O) groups excluding carboxylic acids is 2. The highest BCUT2D eigenvalue weighted by atomic mass is 35.5. The molecule has 0 bridgehead atoms. The topological polar surface area (TPSA) is 83.6 Å². The molecule has 0 saturated carbocycles. The predicted octanol–water partition coefficient (Wildman–Crippen LogP) is 1.03. The molecule has 8 heteroatoms. The maximum atomic E-state index is 12.3. The van der Waals surface area contributed by atoms with E-state index in [1.165, 1.54) is 4.90 Å². The third-order valence-corrected chi connectivity index (χ3v) is 6.03. The number of benzene rings is 1. The van der Waals surface area contributed by atoms with Crippen LogP contribution in [0.2, 0.25) is 5.02 Å². The molecular formula is C16H21ClN2O4S. The Bertz CT molecular complexity index is 703. The zero-order chi connectivity index (χ0) is 17.7. The molecular weight excluding hydrogens is 352 g/mol. The Morgan fingerprint density at radius 2 is 1.96 bits per heavy atom. The Morgan fingerprint density at radius 1 is 1.29 bits per heavy atom. The number of amides is 2. The van der Waals surface area contributed by atoms with Crippen LogP contribution in [0.4, 0.5) is 0 Å². The lowest BCUT2D eigenvalue weighted by molar-refractivity contribution is -0.134. The number of carbonyl (C=O) groups is 2. The Balaban J connectivity index is 1.84. The molecule has 1 N–H and O–H groups in total. The third-order valence-electron chi connectivity index (χ3n) is 4.02. The predicted molar refractivity (Wildman–Crippen MR) is 92.6 cm³/mol. The summed E-state index contributed by atoms with van der Waals surface area (Å²) in [6, 6.07) is 6.63. The third kappa shape index (κ3) is 5.21. The van der Waals surface area contributed by atoms with Gasteiger partial charge >= 0.3 is 0 Å². The van der Waals surface area contributed by atoms with Gasteiger partial charge in [0.15, 0.2) is 9.84 Å². The molecule has 1 saturated heterocycles. The van der Waals surface area contributed by atoms with E-state index in [2.05, 4.69) is 5.32 Å². The van der Waals surface area contributed by atoms with Gasteiger partial charge in [0.2, 0.25) is 11.8 Å². The van der Waals surface area contributed by atoms with Gasteiger partial charge in [-0.15, -0.1) is 0 Å².